The van der Waals surface area contributed by atoms with Gasteiger partial charge >= 0.3 is 5.97 Å². The van der Waals surface area contributed by atoms with Gasteiger partial charge < -0.3 is 15.2 Å². The number of halogens is 1. The van der Waals surface area contributed by atoms with Crippen LogP contribution in [0.3, 0.4) is 0 Å². The minimum Gasteiger partial charge on any atom is -0.496 e. The van der Waals surface area contributed by atoms with E-state index in [4.69, 9.17) is 10.5 Å². The summed E-state index contributed by atoms with van der Waals surface area (Å²) in [5, 5.41) is 1.99. The lowest BCUT2D eigenvalue weighted by molar-refractivity contribution is -0.141. The maximum absolute atomic E-state index is 11.3. The van der Waals surface area contributed by atoms with Crippen LogP contribution in [0.2, 0.25) is 0 Å². The van der Waals surface area contributed by atoms with Crippen molar-refractivity contribution in [1.82, 2.24) is 0 Å². The third-order valence-corrected chi connectivity index (χ3v) is 3.15. The predicted molar refractivity (Wildman–Crippen MR) is 81.3 cm³/mol. The Morgan fingerprint density at radius 3 is 2.40 bits per heavy atom. The van der Waals surface area contributed by atoms with E-state index in [1.54, 1.807) is 7.11 Å². The lowest BCUT2D eigenvalue weighted by atomic mass is 9.97. The average Bonchev–Trinajstić information content (AvgIpc) is 2.45. The zero-order valence-electron chi connectivity index (χ0n) is 11.5. The SMILES string of the molecule is COC(=O)C[C@H](N)c1ccc(OC)c2ccccc12.Cl. The van der Waals surface area contributed by atoms with Crippen molar-refractivity contribution < 1.29 is 14.3 Å². The first-order chi connectivity index (χ1) is 9.17. The zero-order valence-corrected chi connectivity index (χ0v) is 12.3. The zero-order chi connectivity index (χ0) is 13.8. The molecule has 0 unspecified atom stereocenters. The molecule has 0 saturated carbocycles. The van der Waals surface area contributed by atoms with E-state index in [1.807, 2.05) is 36.4 Å². The monoisotopic (exact) mass is 295 g/mol. The van der Waals surface area contributed by atoms with E-state index >= 15 is 0 Å². The highest BCUT2D eigenvalue weighted by Crippen LogP contribution is 2.31. The second kappa shape index (κ2) is 7.12. The quantitative estimate of drug-likeness (QED) is 0.881. The first-order valence-corrected chi connectivity index (χ1v) is 6.05. The van der Waals surface area contributed by atoms with Crippen molar-refractivity contribution >= 4 is 29.1 Å². The van der Waals surface area contributed by atoms with Gasteiger partial charge in [-0.05, 0) is 17.0 Å². The maximum atomic E-state index is 11.3. The normalized spacial score (nSPS) is 11.6. The molecule has 0 radical (unpaired) electrons. The van der Waals surface area contributed by atoms with Gasteiger partial charge in [-0.25, -0.2) is 0 Å². The Bertz CT molecular complexity index is 601. The number of methoxy groups -OCH3 is 2. The van der Waals surface area contributed by atoms with Crippen molar-refractivity contribution in [2.24, 2.45) is 5.73 Å². The van der Waals surface area contributed by atoms with Crippen LogP contribution >= 0.6 is 12.4 Å². The van der Waals surface area contributed by atoms with Crippen molar-refractivity contribution in [2.75, 3.05) is 14.2 Å². The molecule has 0 saturated heterocycles. The summed E-state index contributed by atoms with van der Waals surface area (Å²) < 4.78 is 9.99. The Balaban J connectivity index is 0.00000200. The Kier molecular flexibility index (Phi) is 5.80. The molecule has 0 aliphatic rings. The van der Waals surface area contributed by atoms with Gasteiger partial charge in [-0.3, -0.25) is 4.79 Å². The molecule has 0 amide bonds. The molecule has 2 N–H and O–H groups in total. The third-order valence-electron chi connectivity index (χ3n) is 3.15. The van der Waals surface area contributed by atoms with Crippen molar-refractivity contribution in [2.45, 2.75) is 12.5 Å². The van der Waals surface area contributed by atoms with Gasteiger partial charge in [0.1, 0.15) is 5.75 Å². The number of carbonyl (C=O) groups is 1. The highest BCUT2D eigenvalue weighted by Gasteiger charge is 2.15. The molecule has 2 rings (SSSR count). The molecule has 2 aromatic carbocycles. The van der Waals surface area contributed by atoms with Gasteiger partial charge in [0.2, 0.25) is 0 Å². The summed E-state index contributed by atoms with van der Waals surface area (Å²) in [5.41, 5.74) is 7.01. The fourth-order valence-corrected chi connectivity index (χ4v) is 2.17. The second-order valence-corrected chi connectivity index (χ2v) is 4.29. The van der Waals surface area contributed by atoms with Gasteiger partial charge in [-0.2, -0.15) is 0 Å². The van der Waals surface area contributed by atoms with E-state index in [2.05, 4.69) is 4.74 Å². The lowest BCUT2D eigenvalue weighted by Gasteiger charge is -2.15. The Labute approximate surface area is 124 Å². The van der Waals surface area contributed by atoms with Gasteiger partial charge in [0.05, 0.1) is 20.6 Å². The number of rotatable bonds is 4. The van der Waals surface area contributed by atoms with Gasteiger partial charge in [-0.1, -0.05) is 30.3 Å². The molecule has 108 valence electrons. The van der Waals surface area contributed by atoms with Crippen LogP contribution in [0.1, 0.15) is 18.0 Å². The maximum Gasteiger partial charge on any atom is 0.307 e. The van der Waals surface area contributed by atoms with Gasteiger partial charge in [0.15, 0.2) is 0 Å². The number of carbonyl (C=O) groups excluding carboxylic acids is 1. The molecule has 0 bridgehead atoms. The highest BCUT2D eigenvalue weighted by atomic mass is 35.5. The molecule has 0 aliphatic heterocycles. The van der Waals surface area contributed by atoms with Crippen molar-refractivity contribution in [1.29, 1.82) is 0 Å². The summed E-state index contributed by atoms with van der Waals surface area (Å²) in [6.45, 7) is 0. The van der Waals surface area contributed by atoms with E-state index < -0.39 is 0 Å². The molecular weight excluding hydrogens is 278 g/mol. The molecule has 0 heterocycles. The van der Waals surface area contributed by atoms with Crippen LogP contribution in [0.5, 0.6) is 5.75 Å². The highest BCUT2D eigenvalue weighted by molar-refractivity contribution is 5.91. The molecule has 5 heteroatoms. The van der Waals surface area contributed by atoms with Crippen molar-refractivity contribution in [3.05, 3.63) is 42.0 Å². The smallest absolute Gasteiger partial charge is 0.307 e. The number of benzene rings is 2. The minimum atomic E-state index is -0.386. The number of ether oxygens (including phenoxy) is 2. The minimum absolute atomic E-state index is 0. The third kappa shape index (κ3) is 3.21. The van der Waals surface area contributed by atoms with Crippen LogP contribution in [0.4, 0.5) is 0 Å². The molecule has 0 spiro atoms. The topological polar surface area (TPSA) is 61.5 Å². The van der Waals surface area contributed by atoms with Crippen LogP contribution in [0, 0.1) is 0 Å². The van der Waals surface area contributed by atoms with Gasteiger partial charge in [0.25, 0.3) is 0 Å². The van der Waals surface area contributed by atoms with Crippen molar-refractivity contribution in [3.8, 4) is 5.75 Å². The summed E-state index contributed by atoms with van der Waals surface area (Å²) in [4.78, 5) is 11.3. The Morgan fingerprint density at radius 2 is 1.80 bits per heavy atom. The number of esters is 1. The van der Waals surface area contributed by atoms with Crippen LogP contribution in [0.25, 0.3) is 10.8 Å². The standard InChI is InChI=1S/C15H17NO3.ClH/c1-18-14-8-7-11(13(16)9-15(17)19-2)10-5-3-4-6-12(10)14;/h3-8,13H,9,16H2,1-2H3;1H/t13-;/m0./s1. The van der Waals surface area contributed by atoms with Crippen LogP contribution in [-0.4, -0.2) is 20.2 Å². The summed E-state index contributed by atoms with van der Waals surface area (Å²) in [5.74, 6) is 0.483. The van der Waals surface area contributed by atoms with E-state index in [-0.39, 0.29) is 30.8 Å². The fraction of sp³-hybridized carbons (Fsp3) is 0.267. The molecule has 0 aliphatic carbocycles. The lowest BCUT2D eigenvalue weighted by Crippen LogP contribution is -2.16. The number of fused-ring (bicyclic) bond motifs is 1. The molecule has 2 aromatic rings. The first kappa shape index (κ1) is 16.3. The summed E-state index contributed by atoms with van der Waals surface area (Å²) in [6.07, 6.45) is 0.160. The number of hydrogen-bond acceptors (Lipinski definition) is 4. The fourth-order valence-electron chi connectivity index (χ4n) is 2.17. The van der Waals surface area contributed by atoms with Gasteiger partial charge in [-0.15, -0.1) is 12.4 Å². The molecule has 20 heavy (non-hydrogen) atoms. The first-order valence-electron chi connectivity index (χ1n) is 6.05. The molecular formula is C15H18ClNO3. The Morgan fingerprint density at radius 1 is 1.15 bits per heavy atom. The largest absolute Gasteiger partial charge is 0.496 e. The Hall–Kier alpha value is -1.78. The molecule has 1 atom stereocenters. The molecule has 0 fully saturated rings. The van der Waals surface area contributed by atoms with Crippen molar-refractivity contribution in [3.63, 3.8) is 0 Å². The average molecular weight is 296 g/mol. The molecule has 0 aromatic heterocycles. The number of hydrogen-bond donors (Lipinski definition) is 1. The van der Waals surface area contributed by atoms with Crippen LogP contribution in [-0.2, 0) is 9.53 Å². The van der Waals surface area contributed by atoms with Crippen LogP contribution < -0.4 is 10.5 Å². The van der Waals surface area contributed by atoms with Gasteiger partial charge in [0, 0.05) is 11.4 Å². The summed E-state index contributed by atoms with van der Waals surface area (Å²) in [7, 11) is 3.00. The second-order valence-electron chi connectivity index (χ2n) is 4.29. The summed E-state index contributed by atoms with van der Waals surface area (Å²) in [6, 6.07) is 11.2. The molecule has 4 nitrogen and oxygen atoms in total. The number of nitrogens with two attached hydrogens (primary N) is 1. The van der Waals surface area contributed by atoms with Crippen LogP contribution in [0.15, 0.2) is 36.4 Å². The van der Waals surface area contributed by atoms with E-state index in [9.17, 15) is 4.79 Å². The van der Waals surface area contributed by atoms with E-state index in [1.165, 1.54) is 7.11 Å². The van der Waals surface area contributed by atoms with E-state index in [0.717, 1.165) is 22.1 Å². The summed E-state index contributed by atoms with van der Waals surface area (Å²) >= 11 is 0. The van der Waals surface area contributed by atoms with E-state index in [0.29, 0.717) is 0 Å². The predicted octanol–water partition coefficient (Wildman–Crippen LogP) is 2.83.